The maximum Gasteiger partial charge on any atom is 0.328 e. The van der Waals surface area contributed by atoms with Crippen molar-refractivity contribution in [2.45, 2.75) is 31.5 Å². The predicted molar refractivity (Wildman–Crippen MR) is 94.2 cm³/mol. The Balaban J connectivity index is 2.24. The molecule has 0 aliphatic heterocycles. The first kappa shape index (κ1) is 19.4. The Labute approximate surface area is 149 Å². The van der Waals surface area contributed by atoms with Crippen LogP contribution in [0.25, 0.3) is 10.9 Å². The monoisotopic (exact) mass is 362 g/mol. The van der Waals surface area contributed by atoms with Crippen LogP contribution in [0.4, 0.5) is 0 Å². The van der Waals surface area contributed by atoms with Gasteiger partial charge in [0.2, 0.25) is 11.8 Å². The number of para-hydroxylation sites is 1. The van der Waals surface area contributed by atoms with Crippen LogP contribution < -0.4 is 16.4 Å². The molecule has 3 unspecified atom stereocenters. The van der Waals surface area contributed by atoms with Gasteiger partial charge >= 0.3 is 5.97 Å². The number of carboxylic acids is 1. The topological polar surface area (TPSA) is 158 Å². The van der Waals surface area contributed by atoms with Crippen molar-refractivity contribution in [1.29, 1.82) is 0 Å². The molecule has 0 radical (unpaired) electrons. The maximum atomic E-state index is 12.5. The smallest absolute Gasteiger partial charge is 0.328 e. The summed E-state index contributed by atoms with van der Waals surface area (Å²) in [6, 6.07) is 4.13. The van der Waals surface area contributed by atoms with Crippen LogP contribution in [-0.2, 0) is 20.8 Å². The van der Waals surface area contributed by atoms with E-state index in [0.29, 0.717) is 0 Å². The molecule has 0 bridgehead atoms. The average Bonchev–Trinajstić information content (AvgIpc) is 3.01. The molecule has 3 atom stereocenters. The summed E-state index contributed by atoms with van der Waals surface area (Å²) in [5.41, 5.74) is 7.19. The summed E-state index contributed by atoms with van der Waals surface area (Å²) in [7, 11) is 0. The van der Waals surface area contributed by atoms with E-state index in [2.05, 4.69) is 15.6 Å². The van der Waals surface area contributed by atoms with Crippen LogP contribution in [0.15, 0.2) is 30.5 Å². The van der Waals surface area contributed by atoms with Crippen LogP contribution in [0.5, 0.6) is 0 Å². The summed E-state index contributed by atoms with van der Waals surface area (Å²) in [5, 5.41) is 23.7. The van der Waals surface area contributed by atoms with Crippen molar-refractivity contribution in [2.75, 3.05) is 6.61 Å². The van der Waals surface area contributed by atoms with E-state index in [9.17, 15) is 14.4 Å². The fourth-order valence-corrected chi connectivity index (χ4v) is 2.49. The van der Waals surface area contributed by atoms with Gasteiger partial charge in [0.15, 0.2) is 0 Å². The third-order valence-electron chi connectivity index (χ3n) is 3.94. The molecular formula is C17H22N4O5. The second kappa shape index (κ2) is 8.45. The van der Waals surface area contributed by atoms with Crippen LogP contribution in [0.1, 0.15) is 12.5 Å². The highest BCUT2D eigenvalue weighted by atomic mass is 16.4. The number of hydrogen-bond acceptors (Lipinski definition) is 5. The molecule has 0 saturated carbocycles. The first-order valence-corrected chi connectivity index (χ1v) is 8.08. The second-order valence-corrected chi connectivity index (χ2v) is 6.00. The lowest BCUT2D eigenvalue weighted by Gasteiger charge is -2.21. The van der Waals surface area contributed by atoms with E-state index in [1.54, 1.807) is 6.20 Å². The Morgan fingerprint density at radius 2 is 1.81 bits per heavy atom. The minimum Gasteiger partial charge on any atom is -0.480 e. The molecule has 2 rings (SSSR count). The van der Waals surface area contributed by atoms with E-state index in [1.807, 2.05) is 24.3 Å². The van der Waals surface area contributed by atoms with Gasteiger partial charge < -0.3 is 31.6 Å². The third kappa shape index (κ3) is 4.58. The Hall–Kier alpha value is -2.91. The highest BCUT2D eigenvalue weighted by molar-refractivity contribution is 5.92. The minimum atomic E-state index is -1.46. The van der Waals surface area contributed by atoms with Gasteiger partial charge in [-0.25, -0.2) is 4.79 Å². The molecule has 9 nitrogen and oxygen atoms in total. The number of benzene rings is 1. The van der Waals surface area contributed by atoms with Crippen molar-refractivity contribution in [2.24, 2.45) is 5.73 Å². The largest absolute Gasteiger partial charge is 0.480 e. The van der Waals surface area contributed by atoms with Gasteiger partial charge in [-0.15, -0.1) is 0 Å². The Bertz CT molecular complexity index is 801. The molecule has 1 aromatic carbocycles. The summed E-state index contributed by atoms with van der Waals surface area (Å²) in [4.78, 5) is 38.5. The van der Waals surface area contributed by atoms with Crippen molar-refractivity contribution >= 4 is 28.7 Å². The van der Waals surface area contributed by atoms with Crippen LogP contribution in [0, 0.1) is 0 Å². The van der Waals surface area contributed by atoms with Gasteiger partial charge in [-0.1, -0.05) is 18.2 Å². The van der Waals surface area contributed by atoms with E-state index in [4.69, 9.17) is 15.9 Å². The lowest BCUT2D eigenvalue weighted by molar-refractivity contribution is -0.143. The van der Waals surface area contributed by atoms with Gasteiger partial charge in [0, 0.05) is 23.5 Å². The first-order valence-electron chi connectivity index (χ1n) is 8.08. The fraction of sp³-hybridized carbons (Fsp3) is 0.353. The number of carboxylic acid groups (broad SMARTS) is 1. The van der Waals surface area contributed by atoms with E-state index >= 15 is 0 Å². The number of fused-ring (bicyclic) bond motifs is 1. The number of hydrogen-bond donors (Lipinski definition) is 6. The molecule has 0 aliphatic carbocycles. The maximum absolute atomic E-state index is 12.5. The summed E-state index contributed by atoms with van der Waals surface area (Å²) >= 11 is 0. The molecule has 9 heteroatoms. The zero-order valence-corrected chi connectivity index (χ0v) is 14.2. The van der Waals surface area contributed by atoms with Gasteiger partial charge in [0.05, 0.1) is 12.6 Å². The number of nitrogens with two attached hydrogens (primary N) is 1. The van der Waals surface area contributed by atoms with E-state index in [-0.39, 0.29) is 6.42 Å². The van der Waals surface area contributed by atoms with Crippen LogP contribution in [0.2, 0.25) is 0 Å². The summed E-state index contributed by atoms with van der Waals surface area (Å²) in [6.07, 6.45) is 1.86. The van der Waals surface area contributed by atoms with Gasteiger partial charge in [-0.2, -0.15) is 0 Å². The van der Waals surface area contributed by atoms with Crippen molar-refractivity contribution < 1.29 is 24.6 Å². The van der Waals surface area contributed by atoms with Gasteiger partial charge in [0.25, 0.3) is 0 Å². The number of aromatic nitrogens is 1. The zero-order valence-electron chi connectivity index (χ0n) is 14.2. The van der Waals surface area contributed by atoms with Crippen molar-refractivity contribution in [3.05, 3.63) is 36.0 Å². The predicted octanol–water partition coefficient (Wildman–Crippen LogP) is -0.896. The molecule has 26 heavy (non-hydrogen) atoms. The molecule has 2 amide bonds. The number of aliphatic hydroxyl groups is 1. The molecule has 140 valence electrons. The highest BCUT2D eigenvalue weighted by Crippen LogP contribution is 2.19. The Morgan fingerprint density at radius 1 is 1.15 bits per heavy atom. The third-order valence-corrected chi connectivity index (χ3v) is 3.94. The Kier molecular flexibility index (Phi) is 6.31. The quantitative estimate of drug-likeness (QED) is 0.357. The van der Waals surface area contributed by atoms with E-state index in [1.165, 1.54) is 6.92 Å². The van der Waals surface area contributed by atoms with Gasteiger partial charge in [0.1, 0.15) is 12.1 Å². The van der Waals surface area contributed by atoms with E-state index in [0.717, 1.165) is 16.5 Å². The normalized spacial score (nSPS) is 14.4. The summed E-state index contributed by atoms with van der Waals surface area (Å²) < 4.78 is 0. The molecule has 0 aliphatic rings. The number of rotatable bonds is 8. The van der Waals surface area contributed by atoms with Gasteiger partial charge in [-0.05, 0) is 18.6 Å². The molecule has 7 N–H and O–H groups in total. The molecule has 1 aromatic heterocycles. The van der Waals surface area contributed by atoms with Gasteiger partial charge in [-0.3, -0.25) is 9.59 Å². The molecule has 0 saturated heterocycles. The summed E-state index contributed by atoms with van der Waals surface area (Å²) in [6.45, 7) is 0.714. The fourth-order valence-electron chi connectivity index (χ4n) is 2.49. The molecule has 0 fully saturated rings. The number of aliphatic hydroxyl groups excluding tert-OH is 1. The SMILES string of the molecule is CC(N)C(=O)NC(Cc1c[nH]c2ccccc12)C(=O)NC(CO)C(=O)O. The van der Waals surface area contributed by atoms with Crippen LogP contribution in [-0.4, -0.2) is 57.7 Å². The molecule has 0 spiro atoms. The number of aromatic amines is 1. The highest BCUT2D eigenvalue weighted by Gasteiger charge is 2.27. The van der Waals surface area contributed by atoms with Crippen LogP contribution in [0.3, 0.4) is 0 Å². The number of aliphatic carboxylic acids is 1. The second-order valence-electron chi connectivity index (χ2n) is 6.00. The Morgan fingerprint density at radius 3 is 2.42 bits per heavy atom. The minimum absolute atomic E-state index is 0.131. The lowest BCUT2D eigenvalue weighted by Crippen LogP contribution is -2.55. The van der Waals surface area contributed by atoms with Crippen LogP contribution >= 0.6 is 0 Å². The standard InChI is InChI=1S/C17H22N4O5/c1-9(18)15(23)20-13(16(24)21-14(8-22)17(25)26)6-10-7-19-12-5-3-2-4-11(10)12/h2-5,7,9,13-14,19,22H,6,8,18H2,1H3,(H,20,23)(H,21,24)(H,25,26). The molecular weight excluding hydrogens is 340 g/mol. The van der Waals surface area contributed by atoms with E-state index < -0.39 is 42.5 Å². The average molecular weight is 362 g/mol. The van der Waals surface area contributed by atoms with Crippen molar-refractivity contribution in [1.82, 2.24) is 15.6 Å². The number of carbonyl (C=O) groups excluding carboxylic acids is 2. The molecule has 1 heterocycles. The van der Waals surface area contributed by atoms with Crippen molar-refractivity contribution in [3.63, 3.8) is 0 Å². The van der Waals surface area contributed by atoms with Crippen molar-refractivity contribution in [3.8, 4) is 0 Å². The summed E-state index contributed by atoms with van der Waals surface area (Å²) in [5.74, 6) is -2.63. The number of amides is 2. The molecule has 2 aromatic rings. The number of carbonyl (C=O) groups is 3. The lowest BCUT2D eigenvalue weighted by atomic mass is 10.0. The first-order chi connectivity index (χ1) is 12.3. The zero-order chi connectivity index (χ0) is 19.3. The number of H-pyrrole nitrogens is 1. The number of nitrogens with one attached hydrogen (secondary N) is 3.